The Morgan fingerprint density at radius 3 is 1.49 bits per heavy atom. The van der Waals surface area contributed by atoms with E-state index in [0.29, 0.717) is 23.7 Å². The molecule has 0 saturated carbocycles. The van der Waals surface area contributed by atoms with Gasteiger partial charge in [-0.25, -0.2) is 0 Å². The van der Waals surface area contributed by atoms with E-state index in [4.69, 9.17) is 0 Å². The van der Waals surface area contributed by atoms with Gasteiger partial charge in [-0.15, -0.1) is 0 Å². The van der Waals surface area contributed by atoms with Gasteiger partial charge in [0.25, 0.3) is 0 Å². The lowest BCUT2D eigenvalue weighted by atomic mass is 9.91. The first-order chi connectivity index (χ1) is 19.9. The van der Waals surface area contributed by atoms with Crippen molar-refractivity contribution >= 4 is 33.8 Å². The van der Waals surface area contributed by atoms with Crippen LogP contribution >= 0.6 is 0 Å². The predicted molar refractivity (Wildman–Crippen MR) is 186 cm³/mol. The van der Waals surface area contributed by atoms with Crippen molar-refractivity contribution in [2.45, 2.75) is 117 Å². The monoisotopic (exact) mass is 562 g/mol. The topological polar surface area (TPSA) is 0 Å². The SMILES string of the molecule is CCCCC=Cc1cccc2c1C=C(CC(C)C)C2C[Si]CC1C(CC(C)C)=Cc2c(C=CCCCC)cccc21. The zero-order valence-electron chi connectivity index (χ0n) is 26.8. The van der Waals surface area contributed by atoms with Crippen molar-refractivity contribution < 1.29 is 0 Å². The van der Waals surface area contributed by atoms with Gasteiger partial charge in [0.05, 0.1) is 0 Å². The van der Waals surface area contributed by atoms with Gasteiger partial charge >= 0.3 is 0 Å². The third-order valence-electron chi connectivity index (χ3n) is 8.68. The van der Waals surface area contributed by atoms with Crippen molar-refractivity contribution in [3.05, 3.63) is 93.1 Å². The minimum atomic E-state index is 0.584. The summed E-state index contributed by atoms with van der Waals surface area (Å²) in [6.07, 6.45) is 24.5. The van der Waals surface area contributed by atoms with Crippen LogP contribution in [0.1, 0.15) is 138 Å². The van der Waals surface area contributed by atoms with Crippen LogP contribution in [-0.2, 0) is 0 Å². The number of hydrogen-bond donors (Lipinski definition) is 0. The van der Waals surface area contributed by atoms with Gasteiger partial charge in [-0.05, 0) is 70.9 Å². The Kier molecular flexibility index (Phi) is 12.1. The van der Waals surface area contributed by atoms with Gasteiger partial charge in [0, 0.05) is 21.4 Å². The number of rotatable bonds is 16. The summed E-state index contributed by atoms with van der Waals surface area (Å²) in [7, 11) is 0.967. The van der Waals surface area contributed by atoms with Gasteiger partial charge in [-0.1, -0.05) is 163 Å². The second-order valence-electron chi connectivity index (χ2n) is 13.2. The zero-order valence-corrected chi connectivity index (χ0v) is 27.8. The molecule has 0 bridgehead atoms. The van der Waals surface area contributed by atoms with Crippen LogP contribution in [0.2, 0.25) is 12.1 Å². The summed E-state index contributed by atoms with van der Waals surface area (Å²) in [5.74, 6) is 2.55. The van der Waals surface area contributed by atoms with Gasteiger partial charge < -0.3 is 0 Å². The minimum absolute atomic E-state index is 0.584. The molecule has 1 heteroatoms. The summed E-state index contributed by atoms with van der Waals surface area (Å²) < 4.78 is 0. The van der Waals surface area contributed by atoms with Crippen LogP contribution in [0.25, 0.3) is 24.3 Å². The summed E-state index contributed by atoms with van der Waals surface area (Å²) in [6, 6.07) is 16.6. The molecule has 2 atom stereocenters. The predicted octanol–water partition coefficient (Wildman–Crippen LogP) is 12.4. The second kappa shape index (κ2) is 15.7. The Morgan fingerprint density at radius 1 is 0.659 bits per heavy atom. The molecule has 0 spiro atoms. The van der Waals surface area contributed by atoms with Crippen molar-refractivity contribution in [3.8, 4) is 0 Å². The molecule has 41 heavy (non-hydrogen) atoms. The quantitative estimate of drug-likeness (QED) is 0.141. The molecule has 2 aromatic rings. The first-order valence-electron chi connectivity index (χ1n) is 16.6. The van der Waals surface area contributed by atoms with Crippen molar-refractivity contribution in [2.75, 3.05) is 0 Å². The van der Waals surface area contributed by atoms with E-state index in [0.717, 1.165) is 9.52 Å². The highest BCUT2D eigenvalue weighted by atomic mass is 28.2. The van der Waals surface area contributed by atoms with Crippen LogP contribution in [0.4, 0.5) is 0 Å². The van der Waals surface area contributed by atoms with E-state index in [1.54, 1.807) is 22.3 Å². The largest absolute Gasteiger partial charge is 0.0839 e. The van der Waals surface area contributed by atoms with Crippen molar-refractivity contribution in [2.24, 2.45) is 11.8 Å². The Labute approximate surface area is 255 Å². The summed E-state index contributed by atoms with van der Waals surface area (Å²) in [5.41, 5.74) is 12.3. The third kappa shape index (κ3) is 8.35. The molecule has 218 valence electrons. The molecule has 0 amide bonds. The molecular formula is C40H54Si. The number of hydrogen-bond acceptors (Lipinski definition) is 0. The molecule has 0 nitrogen and oxygen atoms in total. The Morgan fingerprint density at radius 2 is 1.10 bits per heavy atom. The minimum Gasteiger partial charge on any atom is -0.0839 e. The average molecular weight is 563 g/mol. The lowest BCUT2D eigenvalue weighted by molar-refractivity contribution is 0.616. The highest BCUT2D eigenvalue weighted by molar-refractivity contribution is 6.36. The smallest absolute Gasteiger partial charge is 0.0397 e. The Hall–Kier alpha value is -2.38. The van der Waals surface area contributed by atoms with Crippen molar-refractivity contribution in [3.63, 3.8) is 0 Å². The number of benzene rings is 2. The van der Waals surface area contributed by atoms with Crippen LogP contribution in [-0.4, -0.2) is 9.52 Å². The van der Waals surface area contributed by atoms with E-state index in [2.05, 4.69) is 114 Å². The molecule has 0 heterocycles. The van der Waals surface area contributed by atoms with Gasteiger partial charge in [-0.2, -0.15) is 0 Å². The van der Waals surface area contributed by atoms with Crippen LogP contribution in [0.3, 0.4) is 0 Å². The first kappa shape index (κ1) is 31.6. The molecule has 2 radical (unpaired) electrons. The van der Waals surface area contributed by atoms with Crippen LogP contribution in [0, 0.1) is 11.8 Å². The maximum absolute atomic E-state index is 2.57. The summed E-state index contributed by atoms with van der Waals surface area (Å²) >= 11 is 0. The van der Waals surface area contributed by atoms with E-state index >= 15 is 0 Å². The molecule has 0 aromatic heterocycles. The Bertz CT molecular complexity index is 1150. The molecule has 0 N–H and O–H groups in total. The van der Waals surface area contributed by atoms with E-state index < -0.39 is 0 Å². The van der Waals surface area contributed by atoms with Gasteiger partial charge in [0.2, 0.25) is 0 Å². The van der Waals surface area contributed by atoms with E-state index in [-0.39, 0.29) is 0 Å². The molecule has 4 rings (SSSR count). The zero-order chi connectivity index (χ0) is 29.2. The van der Waals surface area contributed by atoms with Gasteiger partial charge in [0.1, 0.15) is 0 Å². The van der Waals surface area contributed by atoms with Gasteiger partial charge in [0.15, 0.2) is 0 Å². The lowest BCUT2D eigenvalue weighted by Gasteiger charge is -2.22. The maximum Gasteiger partial charge on any atom is 0.0397 e. The molecule has 2 aliphatic carbocycles. The normalized spacial score (nSPS) is 18.1. The molecular weight excluding hydrogens is 509 g/mol. The standard InChI is InChI=1S/C40H54Si/c1-7-9-11-13-17-31-19-15-21-35-37(31)25-33(23-29(3)4)39(35)27-41-28-40-34(24-30(5)6)26-38-32(18-14-12-10-8-2)20-16-22-36(38)40/h13-22,25-26,29-30,39-40H,7-12,23-24,27-28H2,1-6H3. The maximum atomic E-state index is 2.57. The van der Waals surface area contributed by atoms with Crippen molar-refractivity contribution in [1.82, 2.24) is 0 Å². The third-order valence-corrected chi connectivity index (χ3v) is 10.1. The average Bonchev–Trinajstić information content (AvgIpc) is 3.46. The number of allylic oxidation sites excluding steroid dienone is 4. The van der Waals surface area contributed by atoms with Gasteiger partial charge in [-0.3, -0.25) is 0 Å². The fourth-order valence-corrected chi connectivity index (χ4v) is 8.38. The van der Waals surface area contributed by atoms with E-state index in [9.17, 15) is 0 Å². The molecule has 0 saturated heterocycles. The highest BCUT2D eigenvalue weighted by Crippen LogP contribution is 2.46. The lowest BCUT2D eigenvalue weighted by Crippen LogP contribution is -2.09. The first-order valence-corrected chi connectivity index (χ1v) is 18.0. The number of fused-ring (bicyclic) bond motifs is 2. The molecule has 2 aliphatic rings. The fourth-order valence-electron chi connectivity index (χ4n) is 6.67. The highest BCUT2D eigenvalue weighted by Gasteiger charge is 2.30. The molecule has 0 aliphatic heterocycles. The molecule has 2 aromatic carbocycles. The molecule has 2 unspecified atom stereocenters. The number of unbranched alkanes of at least 4 members (excludes halogenated alkanes) is 4. The molecule has 0 fully saturated rings. The van der Waals surface area contributed by atoms with Crippen LogP contribution in [0.15, 0.2) is 59.7 Å². The van der Waals surface area contributed by atoms with Crippen molar-refractivity contribution in [1.29, 1.82) is 0 Å². The van der Waals surface area contributed by atoms with E-state index in [1.165, 1.54) is 85.7 Å². The second-order valence-corrected chi connectivity index (χ2v) is 14.5. The summed E-state index contributed by atoms with van der Waals surface area (Å²) in [5, 5.41) is 0. The fraction of sp³-hybridized carbons (Fsp3) is 0.500. The Balaban J connectivity index is 1.53. The summed E-state index contributed by atoms with van der Waals surface area (Å²) in [6.45, 7) is 14.1. The van der Waals surface area contributed by atoms with Crippen LogP contribution in [0.5, 0.6) is 0 Å². The van der Waals surface area contributed by atoms with E-state index in [1.807, 2.05) is 0 Å². The summed E-state index contributed by atoms with van der Waals surface area (Å²) in [4.78, 5) is 0. The van der Waals surface area contributed by atoms with Crippen LogP contribution < -0.4 is 0 Å².